The Balaban J connectivity index is 0.00000180. The second kappa shape index (κ2) is 7.66. The molecular weight excluding hydrogens is 243 g/mol. The first-order valence-corrected chi connectivity index (χ1v) is 8.46. The molecule has 1 aliphatic rings. The van der Waals surface area contributed by atoms with Crippen molar-refractivity contribution in [1.82, 2.24) is 9.13 Å². The van der Waals surface area contributed by atoms with E-state index in [-0.39, 0.29) is 18.9 Å². The van der Waals surface area contributed by atoms with Crippen molar-refractivity contribution in [2.45, 2.75) is 46.2 Å². The molecule has 0 radical (unpaired) electrons. The van der Waals surface area contributed by atoms with E-state index in [0.717, 1.165) is 0 Å². The van der Waals surface area contributed by atoms with Crippen LogP contribution in [0.15, 0.2) is 30.3 Å². The van der Waals surface area contributed by atoms with E-state index in [4.69, 9.17) is 0 Å². The maximum absolute atomic E-state index is 2.73. The van der Waals surface area contributed by atoms with Gasteiger partial charge in [-0.2, -0.15) is 5.19 Å². The van der Waals surface area contributed by atoms with Gasteiger partial charge in [-0.15, -0.1) is 9.12 Å². The Morgan fingerprint density at radius 2 is 1.37 bits per heavy atom. The number of nitrogens with zero attached hydrogens (tertiary/aromatic N) is 2. The third-order valence-electron chi connectivity index (χ3n) is 3.62. The van der Waals surface area contributed by atoms with Gasteiger partial charge in [0, 0.05) is 0 Å². The number of benzene rings is 1. The molecule has 1 aromatic rings. The van der Waals surface area contributed by atoms with Crippen LogP contribution in [0.1, 0.15) is 34.1 Å². The van der Waals surface area contributed by atoms with Gasteiger partial charge in [-0.1, -0.05) is 58.0 Å². The van der Waals surface area contributed by atoms with Crippen molar-refractivity contribution in [3.8, 4) is 0 Å². The van der Waals surface area contributed by atoms with E-state index < -0.39 is 9.12 Å². The van der Waals surface area contributed by atoms with Gasteiger partial charge in [0.25, 0.3) is 0 Å². The molecule has 1 aliphatic heterocycles. The molecule has 0 amide bonds. The maximum atomic E-state index is 2.73. The summed E-state index contributed by atoms with van der Waals surface area (Å²) in [5.74, 6) is 0. The van der Waals surface area contributed by atoms with Crippen LogP contribution in [0.5, 0.6) is 0 Å². The summed E-state index contributed by atoms with van der Waals surface area (Å²) in [6, 6.07) is 12.4. The van der Waals surface area contributed by atoms with Crippen LogP contribution in [0.3, 0.4) is 0 Å². The van der Waals surface area contributed by atoms with Crippen molar-refractivity contribution in [3.05, 3.63) is 30.3 Å². The summed E-state index contributed by atoms with van der Waals surface area (Å²) in [5.41, 5.74) is 0. The van der Waals surface area contributed by atoms with Crippen molar-refractivity contribution < 1.29 is 18.9 Å². The Bertz CT molecular complexity index is 354. The Morgan fingerprint density at radius 1 is 0.895 bits per heavy atom. The van der Waals surface area contributed by atoms with Crippen molar-refractivity contribution >= 4 is 14.3 Å². The molecule has 0 unspecified atom stereocenters. The van der Waals surface area contributed by atoms with Gasteiger partial charge in [0.2, 0.25) is 0 Å². The van der Waals surface area contributed by atoms with Crippen LogP contribution < -0.4 is 24.0 Å². The molecule has 19 heavy (non-hydrogen) atoms. The van der Waals surface area contributed by atoms with Crippen LogP contribution in [0.4, 0.5) is 0 Å². The van der Waals surface area contributed by atoms with Gasteiger partial charge in [-0.3, -0.25) is 0 Å². The molecule has 0 saturated carbocycles. The fourth-order valence-electron chi connectivity index (χ4n) is 2.71. The monoisotopic (exact) mass is 268 g/mol. The van der Waals surface area contributed by atoms with Crippen molar-refractivity contribution in [3.63, 3.8) is 0 Å². The molecule has 0 aromatic heterocycles. The van der Waals surface area contributed by atoms with E-state index in [9.17, 15) is 0 Å². The first-order chi connectivity index (χ1) is 8.61. The van der Waals surface area contributed by atoms with Crippen LogP contribution in [-0.2, 0) is 0 Å². The standard InChI is InChI=1S/C15H25N2Si.Li/c1-13(2)16-11-8-12-17(14(3)4)18(16)15-9-6-5-7-10-15;/h5-7,9-10,13-14H,8,11-12H2,1-4H3;/q-1;+1. The van der Waals surface area contributed by atoms with Crippen LogP contribution in [-0.4, -0.2) is 43.4 Å². The van der Waals surface area contributed by atoms with E-state index in [1.807, 2.05) is 0 Å². The van der Waals surface area contributed by atoms with E-state index in [1.54, 1.807) is 0 Å². The van der Waals surface area contributed by atoms with E-state index in [0.29, 0.717) is 12.1 Å². The van der Waals surface area contributed by atoms with Crippen LogP contribution in [0.2, 0.25) is 0 Å². The number of rotatable bonds is 3. The first kappa shape index (κ1) is 17.0. The summed E-state index contributed by atoms with van der Waals surface area (Å²) in [7, 11) is -0.735. The molecular formula is C15H25LiN2Si. The summed E-state index contributed by atoms with van der Waals surface area (Å²) >= 11 is 0. The molecule has 0 N–H and O–H groups in total. The third kappa shape index (κ3) is 3.96. The zero-order chi connectivity index (χ0) is 13.1. The minimum Gasteiger partial charge on any atom is -0.439 e. The molecule has 100 valence electrons. The summed E-state index contributed by atoms with van der Waals surface area (Å²) in [4.78, 5) is 0. The van der Waals surface area contributed by atoms with Crippen LogP contribution in [0.25, 0.3) is 0 Å². The molecule has 1 fully saturated rings. The van der Waals surface area contributed by atoms with Gasteiger partial charge in [0.15, 0.2) is 0 Å². The molecule has 4 heteroatoms. The Hall–Kier alpha value is -0.0457. The van der Waals surface area contributed by atoms with Crippen molar-refractivity contribution in [2.75, 3.05) is 13.1 Å². The van der Waals surface area contributed by atoms with E-state index in [1.165, 1.54) is 24.7 Å². The molecule has 1 aromatic carbocycles. The second-order valence-electron chi connectivity index (χ2n) is 5.62. The van der Waals surface area contributed by atoms with Gasteiger partial charge in [0.1, 0.15) is 0 Å². The van der Waals surface area contributed by atoms with Crippen molar-refractivity contribution in [1.29, 1.82) is 0 Å². The average Bonchev–Trinajstić information content (AvgIpc) is 2.38. The third-order valence-corrected chi connectivity index (χ3v) is 7.04. The summed E-state index contributed by atoms with van der Waals surface area (Å²) in [6.45, 7) is 11.8. The van der Waals surface area contributed by atoms with Gasteiger partial charge in [-0.25, -0.2) is 0 Å². The van der Waals surface area contributed by atoms with Gasteiger partial charge in [-0.05, 0) is 31.6 Å². The molecule has 1 saturated heterocycles. The van der Waals surface area contributed by atoms with Gasteiger partial charge in [0.05, 0.1) is 0 Å². The van der Waals surface area contributed by atoms with Gasteiger partial charge >= 0.3 is 18.9 Å². The number of hydrogen-bond donors (Lipinski definition) is 0. The fourth-order valence-corrected chi connectivity index (χ4v) is 5.91. The Morgan fingerprint density at radius 3 is 1.79 bits per heavy atom. The molecule has 0 aliphatic carbocycles. The minimum absolute atomic E-state index is 0. The maximum Gasteiger partial charge on any atom is 1.00 e. The van der Waals surface area contributed by atoms with E-state index in [2.05, 4.69) is 67.2 Å². The summed E-state index contributed by atoms with van der Waals surface area (Å²) in [6.07, 6.45) is 1.30. The fraction of sp³-hybridized carbons (Fsp3) is 0.600. The smallest absolute Gasteiger partial charge is 0.439 e. The zero-order valence-electron chi connectivity index (χ0n) is 13.1. The molecule has 2 rings (SSSR count). The molecule has 0 bridgehead atoms. The predicted octanol–water partition coefficient (Wildman–Crippen LogP) is -0.790. The Labute approximate surface area is 132 Å². The van der Waals surface area contributed by atoms with Crippen LogP contribution in [0, 0.1) is 0 Å². The predicted molar refractivity (Wildman–Crippen MR) is 80.1 cm³/mol. The minimum atomic E-state index is -0.735. The Kier molecular flexibility index (Phi) is 6.86. The molecule has 0 spiro atoms. The zero-order valence-corrected chi connectivity index (χ0v) is 14.1. The second-order valence-corrected chi connectivity index (χ2v) is 7.99. The SMILES string of the molecule is CC(C)N1CCCN(C(C)C)[Si-]1c1ccccc1.[Li+]. The average molecular weight is 268 g/mol. The molecule has 2 nitrogen and oxygen atoms in total. The van der Waals surface area contributed by atoms with E-state index >= 15 is 0 Å². The summed E-state index contributed by atoms with van der Waals surface area (Å²) in [5, 5.41) is 1.53. The quantitative estimate of drug-likeness (QED) is 0.663. The van der Waals surface area contributed by atoms with Gasteiger partial charge < -0.3 is 9.13 Å². The first-order valence-electron chi connectivity index (χ1n) is 7.07. The van der Waals surface area contributed by atoms with Crippen LogP contribution >= 0.6 is 0 Å². The molecule has 1 heterocycles. The number of hydrogen-bond acceptors (Lipinski definition) is 2. The topological polar surface area (TPSA) is 6.48 Å². The molecule has 0 atom stereocenters. The van der Waals surface area contributed by atoms with Crippen molar-refractivity contribution in [2.24, 2.45) is 0 Å². The summed E-state index contributed by atoms with van der Waals surface area (Å²) < 4.78 is 5.45. The normalized spacial score (nSPS) is 17.9. The largest absolute Gasteiger partial charge is 1.00 e.